The number of carbonyl (C=O) groups is 1. The van der Waals surface area contributed by atoms with Crippen LogP contribution in [0.1, 0.15) is 17.5 Å². The second kappa shape index (κ2) is 4.38. The number of aryl methyl sites for hydroxylation is 1. The molecule has 0 bridgehead atoms. The van der Waals surface area contributed by atoms with E-state index in [1.807, 2.05) is 0 Å². The lowest BCUT2D eigenvalue weighted by Gasteiger charge is -1.94. The molecule has 72 valence electrons. The maximum Gasteiger partial charge on any atom is 0.315 e. The Morgan fingerprint density at radius 3 is 3.07 bits per heavy atom. The average Bonchev–Trinajstić information content (AvgIpc) is 2.10. The summed E-state index contributed by atoms with van der Waals surface area (Å²) < 4.78 is 12.9. The van der Waals surface area contributed by atoms with Gasteiger partial charge in [0.05, 0.1) is 5.56 Å². The smallest absolute Gasteiger partial charge is 0.315 e. The zero-order valence-electron chi connectivity index (χ0n) is 7.54. The van der Waals surface area contributed by atoms with Gasteiger partial charge >= 0.3 is 5.97 Å². The lowest BCUT2D eigenvalue weighted by Crippen LogP contribution is -1.92. The Kier molecular flexibility index (Phi) is 3.19. The van der Waals surface area contributed by atoms with Crippen LogP contribution in [0.3, 0.4) is 0 Å². The fourth-order valence-electron chi connectivity index (χ4n) is 0.855. The summed E-state index contributed by atoms with van der Waals surface area (Å²) in [7, 11) is 0. The van der Waals surface area contributed by atoms with Gasteiger partial charge in [-0.3, -0.25) is 4.79 Å². The lowest BCUT2D eigenvalue weighted by molar-refractivity contribution is -0.135. The molecule has 1 heterocycles. The second-order valence-corrected chi connectivity index (χ2v) is 2.72. The minimum Gasteiger partial charge on any atom is -0.481 e. The third-order valence-electron chi connectivity index (χ3n) is 1.44. The van der Waals surface area contributed by atoms with Crippen LogP contribution >= 0.6 is 0 Å². The zero-order valence-corrected chi connectivity index (χ0v) is 7.54. The number of pyridine rings is 1. The Balaban J connectivity index is 2.88. The number of hydrogen-bond donors (Lipinski definition) is 1. The Bertz CT molecular complexity index is 418. The van der Waals surface area contributed by atoms with Gasteiger partial charge in [0.2, 0.25) is 5.95 Å². The number of carboxylic acid groups (broad SMARTS) is 1. The van der Waals surface area contributed by atoms with Crippen LogP contribution in [0.15, 0.2) is 12.3 Å². The van der Waals surface area contributed by atoms with Crippen molar-refractivity contribution in [3.63, 3.8) is 0 Å². The van der Waals surface area contributed by atoms with Crippen molar-refractivity contribution in [1.29, 1.82) is 0 Å². The molecule has 0 unspecified atom stereocenters. The normalized spacial score (nSPS) is 9.00. The van der Waals surface area contributed by atoms with Crippen LogP contribution in [0.4, 0.5) is 4.39 Å². The van der Waals surface area contributed by atoms with E-state index in [1.165, 1.54) is 12.3 Å². The van der Waals surface area contributed by atoms with E-state index < -0.39 is 11.9 Å². The maximum absolute atomic E-state index is 12.9. The van der Waals surface area contributed by atoms with E-state index in [9.17, 15) is 9.18 Å². The molecule has 0 aliphatic carbocycles. The van der Waals surface area contributed by atoms with Crippen molar-refractivity contribution in [2.45, 2.75) is 13.3 Å². The molecule has 4 heteroatoms. The molecule has 0 amide bonds. The van der Waals surface area contributed by atoms with Gasteiger partial charge in [0.15, 0.2) is 0 Å². The summed E-state index contributed by atoms with van der Waals surface area (Å²) in [4.78, 5) is 13.6. The average molecular weight is 193 g/mol. The summed E-state index contributed by atoms with van der Waals surface area (Å²) in [5.74, 6) is 3.05. The van der Waals surface area contributed by atoms with Gasteiger partial charge in [0.1, 0.15) is 6.42 Å². The first-order chi connectivity index (χ1) is 6.59. The van der Waals surface area contributed by atoms with Crippen molar-refractivity contribution in [2.75, 3.05) is 0 Å². The number of hydrogen-bond acceptors (Lipinski definition) is 2. The van der Waals surface area contributed by atoms with Crippen molar-refractivity contribution in [2.24, 2.45) is 0 Å². The molecule has 3 nitrogen and oxygen atoms in total. The first kappa shape index (κ1) is 10.2. The number of halogens is 1. The fourth-order valence-corrected chi connectivity index (χ4v) is 0.855. The standard InChI is InChI=1S/C10H8FNO2/c1-7-5-8(10(11)12-6-7)3-2-4-9(13)14/h5-6H,4H2,1H3,(H,13,14). The van der Waals surface area contributed by atoms with E-state index in [0.29, 0.717) is 0 Å². The Morgan fingerprint density at radius 1 is 1.71 bits per heavy atom. The van der Waals surface area contributed by atoms with E-state index in [2.05, 4.69) is 16.8 Å². The lowest BCUT2D eigenvalue weighted by atomic mass is 10.2. The van der Waals surface area contributed by atoms with Crippen molar-refractivity contribution < 1.29 is 14.3 Å². The third kappa shape index (κ3) is 2.87. The summed E-state index contributed by atoms with van der Waals surface area (Å²) in [5, 5.41) is 8.30. The van der Waals surface area contributed by atoms with Crippen LogP contribution in [0.2, 0.25) is 0 Å². The summed E-state index contributed by atoms with van der Waals surface area (Å²) in [6.45, 7) is 1.76. The molecule has 1 aromatic heterocycles. The molecule has 0 atom stereocenters. The molecule has 1 aromatic rings. The Morgan fingerprint density at radius 2 is 2.43 bits per heavy atom. The first-order valence-corrected chi connectivity index (χ1v) is 3.92. The topological polar surface area (TPSA) is 50.2 Å². The Hall–Kier alpha value is -1.89. The van der Waals surface area contributed by atoms with Gasteiger partial charge in [-0.05, 0) is 18.6 Å². The number of rotatable bonds is 1. The van der Waals surface area contributed by atoms with E-state index in [1.54, 1.807) is 6.92 Å². The van der Waals surface area contributed by atoms with Crippen LogP contribution in [-0.4, -0.2) is 16.1 Å². The monoisotopic (exact) mass is 193 g/mol. The molecule has 0 aliphatic heterocycles. The number of aromatic nitrogens is 1. The zero-order chi connectivity index (χ0) is 10.6. The molecule has 0 aliphatic rings. The molecular formula is C10H8FNO2. The number of nitrogens with zero attached hydrogens (tertiary/aromatic N) is 1. The molecule has 0 saturated heterocycles. The fraction of sp³-hybridized carbons (Fsp3) is 0.200. The highest BCUT2D eigenvalue weighted by Gasteiger charge is 1.99. The minimum atomic E-state index is -1.03. The van der Waals surface area contributed by atoms with E-state index in [0.717, 1.165) is 5.56 Å². The molecule has 0 radical (unpaired) electrons. The minimum absolute atomic E-state index is 0.131. The summed E-state index contributed by atoms with van der Waals surface area (Å²) in [6, 6.07) is 1.52. The van der Waals surface area contributed by atoms with E-state index in [4.69, 9.17) is 5.11 Å². The van der Waals surface area contributed by atoms with Gasteiger partial charge < -0.3 is 5.11 Å². The Labute approximate surface area is 80.6 Å². The van der Waals surface area contributed by atoms with Crippen LogP contribution < -0.4 is 0 Å². The molecule has 0 saturated carbocycles. The second-order valence-electron chi connectivity index (χ2n) is 2.72. The van der Waals surface area contributed by atoms with Gasteiger partial charge in [0.25, 0.3) is 0 Å². The van der Waals surface area contributed by atoms with E-state index >= 15 is 0 Å². The van der Waals surface area contributed by atoms with Crippen LogP contribution in [0, 0.1) is 24.7 Å². The number of carboxylic acids is 1. The van der Waals surface area contributed by atoms with Gasteiger partial charge in [0, 0.05) is 6.20 Å². The molecular weight excluding hydrogens is 185 g/mol. The molecule has 1 rings (SSSR count). The van der Waals surface area contributed by atoms with Crippen LogP contribution in [0.25, 0.3) is 0 Å². The van der Waals surface area contributed by atoms with Crippen molar-refractivity contribution in [3.8, 4) is 11.8 Å². The summed E-state index contributed by atoms with van der Waals surface area (Å²) in [5.41, 5.74) is 0.914. The maximum atomic E-state index is 12.9. The predicted octanol–water partition coefficient (Wildman–Crippen LogP) is 1.36. The van der Waals surface area contributed by atoms with E-state index in [-0.39, 0.29) is 12.0 Å². The van der Waals surface area contributed by atoms with Gasteiger partial charge in [-0.25, -0.2) is 4.98 Å². The highest BCUT2D eigenvalue weighted by atomic mass is 19.1. The SMILES string of the molecule is Cc1cnc(F)c(C#CCC(=O)O)c1. The van der Waals surface area contributed by atoms with Gasteiger partial charge in [-0.1, -0.05) is 11.8 Å². The first-order valence-electron chi connectivity index (χ1n) is 3.92. The van der Waals surface area contributed by atoms with Crippen molar-refractivity contribution in [1.82, 2.24) is 4.98 Å². The van der Waals surface area contributed by atoms with Crippen molar-refractivity contribution >= 4 is 5.97 Å². The van der Waals surface area contributed by atoms with Gasteiger partial charge in [-0.15, -0.1) is 0 Å². The molecule has 14 heavy (non-hydrogen) atoms. The largest absolute Gasteiger partial charge is 0.481 e. The highest BCUT2D eigenvalue weighted by Crippen LogP contribution is 2.04. The van der Waals surface area contributed by atoms with Crippen molar-refractivity contribution in [3.05, 3.63) is 29.3 Å². The number of aliphatic carboxylic acids is 1. The van der Waals surface area contributed by atoms with Crippen LogP contribution in [-0.2, 0) is 4.79 Å². The quantitative estimate of drug-likeness (QED) is 0.541. The molecule has 1 N–H and O–H groups in total. The van der Waals surface area contributed by atoms with Gasteiger partial charge in [-0.2, -0.15) is 4.39 Å². The third-order valence-corrected chi connectivity index (χ3v) is 1.44. The predicted molar refractivity (Wildman–Crippen MR) is 48.1 cm³/mol. The molecule has 0 aromatic carbocycles. The molecule has 0 spiro atoms. The summed E-state index contributed by atoms with van der Waals surface area (Å²) in [6.07, 6.45) is 1.09. The highest BCUT2D eigenvalue weighted by molar-refractivity contribution is 5.70. The van der Waals surface area contributed by atoms with Crippen LogP contribution in [0.5, 0.6) is 0 Å². The molecule has 0 fully saturated rings. The summed E-state index contributed by atoms with van der Waals surface area (Å²) >= 11 is 0.